The number of benzene rings is 1. The number of carbonyl (C=O) groups excluding carboxylic acids is 4. The van der Waals surface area contributed by atoms with Crippen molar-refractivity contribution in [3.8, 4) is 5.75 Å². The Morgan fingerprint density at radius 3 is 2.50 bits per heavy atom. The van der Waals surface area contributed by atoms with Gasteiger partial charge >= 0.3 is 11.9 Å². The van der Waals surface area contributed by atoms with E-state index in [4.69, 9.17) is 14.2 Å². The summed E-state index contributed by atoms with van der Waals surface area (Å²) < 4.78 is 26.9. The molecule has 2 aliphatic heterocycles. The molecule has 0 radical (unpaired) electrons. The Bertz CT molecular complexity index is 892. The van der Waals surface area contributed by atoms with Crippen molar-refractivity contribution in [3.63, 3.8) is 0 Å². The van der Waals surface area contributed by atoms with Gasteiger partial charge < -0.3 is 24.4 Å². The predicted molar refractivity (Wildman–Crippen MR) is 103 cm³/mol. The molecule has 2 aliphatic rings. The normalized spacial score (nSPS) is 29.4. The molecule has 2 unspecified atom stereocenters. The van der Waals surface area contributed by atoms with Gasteiger partial charge in [-0.15, -0.1) is 0 Å². The van der Waals surface area contributed by atoms with Crippen molar-refractivity contribution < 1.29 is 37.6 Å². The third kappa shape index (κ3) is 3.76. The van der Waals surface area contributed by atoms with Gasteiger partial charge in [0, 0.05) is 6.92 Å². The minimum Gasteiger partial charge on any atom is -0.484 e. The monoisotopic (exact) mass is 438 g/mol. The Hall–Kier alpha value is -2.95. The summed E-state index contributed by atoms with van der Waals surface area (Å²) in [7, 11) is -0.670. The first-order valence-corrected chi connectivity index (χ1v) is 10.3. The summed E-state index contributed by atoms with van der Waals surface area (Å²) >= 11 is 0. The van der Waals surface area contributed by atoms with Gasteiger partial charge in [-0.1, -0.05) is 18.2 Å². The van der Waals surface area contributed by atoms with E-state index in [1.54, 1.807) is 30.3 Å². The molecule has 2 heterocycles. The highest BCUT2D eigenvalue weighted by Crippen LogP contribution is 2.44. The quantitative estimate of drug-likeness (QED) is 0.439. The maximum absolute atomic E-state index is 13.2. The number of nitrogens with zero attached hydrogens (tertiary/aromatic N) is 1. The summed E-state index contributed by atoms with van der Waals surface area (Å²) in [5, 5.41) is 1.57. The Balaban J connectivity index is 1.72. The van der Waals surface area contributed by atoms with Gasteiger partial charge in [0.25, 0.3) is 5.91 Å². The van der Waals surface area contributed by atoms with Crippen molar-refractivity contribution in [2.45, 2.75) is 36.1 Å². The lowest BCUT2D eigenvalue weighted by molar-refractivity contribution is -0.164. The number of methoxy groups -OCH3 is 1. The first kappa shape index (κ1) is 21.8. The van der Waals surface area contributed by atoms with E-state index in [-0.39, 0.29) is 13.2 Å². The van der Waals surface area contributed by atoms with Crippen LogP contribution in [0.4, 0.5) is 0 Å². The second-order valence-electron chi connectivity index (χ2n) is 7.10. The molecule has 0 aromatic heterocycles. The van der Waals surface area contributed by atoms with E-state index in [1.165, 1.54) is 13.8 Å². The van der Waals surface area contributed by atoms with Gasteiger partial charge in [0.15, 0.2) is 12.6 Å². The number of hydrogen-bond donors (Lipinski definition) is 1. The molecule has 30 heavy (non-hydrogen) atoms. The summed E-state index contributed by atoms with van der Waals surface area (Å²) in [6, 6.07) is 6.37. The number of nitrogens with one attached hydrogen (secondary N) is 1. The first-order valence-electron chi connectivity index (χ1n) is 9.12. The highest BCUT2D eigenvalue weighted by Gasteiger charge is 2.70. The van der Waals surface area contributed by atoms with Crippen molar-refractivity contribution in [2.24, 2.45) is 0 Å². The van der Waals surface area contributed by atoms with Gasteiger partial charge in [-0.05, 0) is 19.1 Å². The molecule has 10 nitrogen and oxygen atoms in total. The molecule has 5 atom stereocenters. The largest absolute Gasteiger partial charge is 0.484 e. The van der Waals surface area contributed by atoms with Crippen LogP contribution in [0, 0.1) is 0 Å². The number of hydrogen-bond acceptors (Lipinski definition) is 8. The number of carbonyl (C=O) groups is 4. The van der Waals surface area contributed by atoms with Crippen LogP contribution in [0.5, 0.6) is 5.75 Å². The van der Waals surface area contributed by atoms with E-state index in [0.717, 1.165) is 12.0 Å². The van der Waals surface area contributed by atoms with Gasteiger partial charge in [0.1, 0.15) is 28.5 Å². The maximum Gasteiger partial charge on any atom is 0.330 e. The number of esters is 2. The van der Waals surface area contributed by atoms with Gasteiger partial charge in [-0.2, -0.15) is 0 Å². The Morgan fingerprint density at radius 1 is 1.23 bits per heavy atom. The third-order valence-corrected chi connectivity index (χ3v) is 7.23. The minimum absolute atomic E-state index is 0.335. The van der Waals surface area contributed by atoms with Crippen LogP contribution in [0.25, 0.3) is 0 Å². The topological polar surface area (TPSA) is 128 Å². The van der Waals surface area contributed by atoms with E-state index in [9.17, 15) is 23.4 Å². The van der Waals surface area contributed by atoms with Crippen LogP contribution in [0.2, 0.25) is 0 Å². The van der Waals surface area contributed by atoms with Crippen LogP contribution < -0.4 is 10.1 Å². The number of amides is 2. The molecular formula is C19H22N2O8S. The SMILES string of the molecule is COC(=O)C1N2C(=O)C(NC(=O)COc3ccccc3)[C@@H]2[S@@](=O)[C@@]1(C)COC(C)=O. The van der Waals surface area contributed by atoms with E-state index >= 15 is 0 Å². The van der Waals surface area contributed by atoms with Crippen LogP contribution in [0.3, 0.4) is 0 Å². The van der Waals surface area contributed by atoms with Crippen molar-refractivity contribution in [2.75, 3.05) is 20.3 Å². The molecule has 1 aromatic carbocycles. The molecule has 0 bridgehead atoms. The first-order chi connectivity index (χ1) is 14.2. The van der Waals surface area contributed by atoms with Crippen molar-refractivity contribution in [1.82, 2.24) is 10.2 Å². The molecule has 1 aromatic rings. The summed E-state index contributed by atoms with van der Waals surface area (Å²) in [5.41, 5.74) is 0. The average Bonchev–Trinajstić information content (AvgIpc) is 2.94. The molecule has 2 amide bonds. The molecule has 2 fully saturated rings. The fourth-order valence-electron chi connectivity index (χ4n) is 3.54. The van der Waals surface area contributed by atoms with Gasteiger partial charge in [0.05, 0.1) is 17.9 Å². The van der Waals surface area contributed by atoms with Crippen LogP contribution in [-0.4, -0.2) is 75.4 Å². The summed E-state index contributed by atoms with van der Waals surface area (Å²) in [6.45, 7) is 1.99. The second-order valence-corrected chi connectivity index (χ2v) is 9.11. The van der Waals surface area contributed by atoms with Crippen molar-refractivity contribution in [1.29, 1.82) is 0 Å². The maximum atomic E-state index is 13.2. The van der Waals surface area contributed by atoms with Crippen LogP contribution >= 0.6 is 0 Å². The zero-order chi connectivity index (χ0) is 22.1. The summed E-state index contributed by atoms with van der Waals surface area (Å²) in [5.74, 6) is -2.04. The Morgan fingerprint density at radius 2 is 1.90 bits per heavy atom. The number of rotatable bonds is 7. The summed E-state index contributed by atoms with van der Waals surface area (Å²) in [6.07, 6.45) is 0. The van der Waals surface area contributed by atoms with Gasteiger partial charge in [-0.25, -0.2) is 4.79 Å². The zero-order valence-electron chi connectivity index (χ0n) is 16.7. The fraction of sp³-hybridized carbons (Fsp3) is 0.474. The molecule has 0 saturated carbocycles. The van der Waals surface area contributed by atoms with Gasteiger partial charge in [-0.3, -0.25) is 18.6 Å². The van der Waals surface area contributed by atoms with Crippen LogP contribution in [0.15, 0.2) is 30.3 Å². The molecule has 11 heteroatoms. The lowest BCUT2D eigenvalue weighted by atomic mass is 9.95. The van der Waals surface area contributed by atoms with E-state index in [1.807, 2.05) is 0 Å². The lowest BCUT2D eigenvalue weighted by Gasteiger charge is -2.43. The molecule has 1 N–H and O–H groups in total. The van der Waals surface area contributed by atoms with E-state index in [0.29, 0.717) is 5.75 Å². The van der Waals surface area contributed by atoms with Gasteiger partial charge in [0.2, 0.25) is 5.91 Å². The zero-order valence-corrected chi connectivity index (χ0v) is 17.5. The van der Waals surface area contributed by atoms with Crippen molar-refractivity contribution >= 4 is 34.6 Å². The number of β-lactam (4-membered cyclic amide) rings is 1. The molecule has 3 rings (SSSR count). The van der Waals surface area contributed by atoms with Crippen LogP contribution in [0.1, 0.15) is 13.8 Å². The third-order valence-electron chi connectivity index (χ3n) is 5.03. The standard InChI is InChI=1S/C19H22N2O8S/c1-11(22)29-10-19(2)15(18(25)27-3)21-16(24)14(17(21)30(19)26)20-13(23)9-28-12-7-5-4-6-8-12/h4-8,14-15,17H,9-10H2,1-3H3,(H,20,23)/t14?,15?,17-,19-,30+/m0/s1. The lowest BCUT2D eigenvalue weighted by Crippen LogP contribution is -2.72. The smallest absolute Gasteiger partial charge is 0.330 e. The van der Waals surface area contributed by atoms with Crippen LogP contribution in [-0.2, 0) is 39.5 Å². The van der Waals surface area contributed by atoms with Crippen molar-refractivity contribution in [3.05, 3.63) is 30.3 Å². The molecular weight excluding hydrogens is 416 g/mol. The average molecular weight is 438 g/mol. The fourth-order valence-corrected chi connectivity index (χ4v) is 5.56. The highest BCUT2D eigenvalue weighted by atomic mass is 32.2. The summed E-state index contributed by atoms with van der Waals surface area (Å²) in [4.78, 5) is 49.6. The number of ether oxygens (including phenoxy) is 3. The van der Waals surface area contributed by atoms with E-state index in [2.05, 4.69) is 5.32 Å². The highest BCUT2D eigenvalue weighted by molar-refractivity contribution is 7.87. The second kappa shape index (κ2) is 8.42. The molecule has 2 saturated heterocycles. The van der Waals surface area contributed by atoms with E-state index < -0.39 is 56.8 Å². The number of para-hydroxylation sites is 1. The molecule has 0 spiro atoms. The Kier molecular flexibility index (Phi) is 6.11. The Labute approximate surface area is 175 Å². The molecule has 162 valence electrons. The predicted octanol–water partition coefficient (Wildman–Crippen LogP) is -0.656. The molecule has 0 aliphatic carbocycles. The minimum atomic E-state index is -1.82. The number of fused-ring (bicyclic) bond motifs is 1.